The van der Waals surface area contributed by atoms with Gasteiger partial charge in [0.1, 0.15) is 0 Å². The van der Waals surface area contributed by atoms with Crippen LogP contribution < -0.4 is 5.73 Å². The molecule has 3 rings (SSSR count). The van der Waals surface area contributed by atoms with E-state index in [0.717, 1.165) is 11.3 Å². The van der Waals surface area contributed by atoms with Gasteiger partial charge in [0, 0.05) is 24.8 Å². The van der Waals surface area contributed by atoms with Gasteiger partial charge in [0.05, 0.1) is 18.4 Å². The number of nitrogens with two attached hydrogens (primary N) is 1. The van der Waals surface area contributed by atoms with Gasteiger partial charge in [-0.25, -0.2) is 4.68 Å². The molecule has 0 saturated heterocycles. The van der Waals surface area contributed by atoms with Crippen molar-refractivity contribution in [3.63, 3.8) is 0 Å². The van der Waals surface area contributed by atoms with E-state index in [9.17, 15) is 4.79 Å². The summed E-state index contributed by atoms with van der Waals surface area (Å²) in [5, 5.41) is 8.51. The minimum atomic E-state index is -0.323. The van der Waals surface area contributed by atoms with Crippen molar-refractivity contribution in [2.75, 3.05) is 6.54 Å². The van der Waals surface area contributed by atoms with Crippen LogP contribution in [0.15, 0.2) is 59.6 Å². The molecule has 0 saturated carbocycles. The van der Waals surface area contributed by atoms with Gasteiger partial charge in [-0.1, -0.05) is 18.2 Å². The molecule has 118 valence electrons. The first kappa shape index (κ1) is 15.5. The van der Waals surface area contributed by atoms with Crippen molar-refractivity contribution < 1.29 is 4.79 Å². The zero-order valence-corrected chi connectivity index (χ0v) is 13.4. The van der Waals surface area contributed by atoms with E-state index in [1.54, 1.807) is 11.3 Å². The molecule has 0 bridgehead atoms. The van der Waals surface area contributed by atoms with Crippen LogP contribution >= 0.6 is 11.3 Å². The first-order valence-electron chi connectivity index (χ1n) is 7.31. The van der Waals surface area contributed by atoms with Crippen LogP contribution in [0.3, 0.4) is 0 Å². The van der Waals surface area contributed by atoms with Crippen molar-refractivity contribution in [1.29, 1.82) is 0 Å². The zero-order chi connectivity index (χ0) is 16.1. The number of rotatable bonds is 7. The minimum Gasteiger partial charge on any atom is -0.369 e. The van der Waals surface area contributed by atoms with Gasteiger partial charge in [-0.05, 0) is 34.5 Å². The van der Waals surface area contributed by atoms with Crippen LogP contribution in [-0.2, 0) is 17.9 Å². The molecule has 5 nitrogen and oxygen atoms in total. The van der Waals surface area contributed by atoms with Crippen molar-refractivity contribution in [2.24, 2.45) is 5.73 Å². The van der Waals surface area contributed by atoms with Crippen LogP contribution in [0.25, 0.3) is 5.69 Å². The number of para-hydroxylation sites is 1. The summed E-state index contributed by atoms with van der Waals surface area (Å²) in [7, 11) is 0. The third-order valence-corrected chi connectivity index (χ3v) is 4.16. The monoisotopic (exact) mass is 326 g/mol. The second-order valence-electron chi connectivity index (χ2n) is 5.37. The fraction of sp³-hybridized carbons (Fsp3) is 0.176. The van der Waals surface area contributed by atoms with Crippen molar-refractivity contribution in [1.82, 2.24) is 14.7 Å². The molecule has 23 heavy (non-hydrogen) atoms. The quantitative estimate of drug-likeness (QED) is 0.725. The van der Waals surface area contributed by atoms with Gasteiger partial charge < -0.3 is 5.73 Å². The van der Waals surface area contributed by atoms with Crippen molar-refractivity contribution in [3.05, 3.63) is 70.7 Å². The average molecular weight is 326 g/mol. The molecular weight excluding hydrogens is 308 g/mol. The highest BCUT2D eigenvalue weighted by Gasteiger charge is 2.12. The summed E-state index contributed by atoms with van der Waals surface area (Å²) in [4.78, 5) is 13.3. The van der Waals surface area contributed by atoms with Crippen molar-refractivity contribution in [2.45, 2.75) is 13.1 Å². The predicted molar refractivity (Wildman–Crippen MR) is 91.2 cm³/mol. The molecule has 3 aromatic rings. The number of thiophene rings is 1. The van der Waals surface area contributed by atoms with Gasteiger partial charge in [-0.3, -0.25) is 9.69 Å². The minimum absolute atomic E-state index is 0.229. The number of amides is 1. The largest absolute Gasteiger partial charge is 0.369 e. The Balaban J connectivity index is 1.72. The Morgan fingerprint density at radius 3 is 2.65 bits per heavy atom. The SMILES string of the molecule is NC(=O)CN(Cc1ccsc1)Cc1cnn(-c2ccccc2)c1. The van der Waals surface area contributed by atoms with Crippen molar-refractivity contribution in [3.8, 4) is 5.69 Å². The topological polar surface area (TPSA) is 64.2 Å². The highest BCUT2D eigenvalue weighted by atomic mass is 32.1. The number of carbonyl (C=O) groups is 1. The van der Waals surface area contributed by atoms with Crippen LogP contribution in [0.5, 0.6) is 0 Å². The van der Waals surface area contributed by atoms with E-state index in [1.165, 1.54) is 5.56 Å². The molecule has 0 unspecified atom stereocenters. The summed E-state index contributed by atoms with van der Waals surface area (Å²) in [6.45, 7) is 1.56. The molecule has 2 N–H and O–H groups in total. The molecule has 1 amide bonds. The maximum absolute atomic E-state index is 11.3. The second-order valence-corrected chi connectivity index (χ2v) is 6.15. The van der Waals surface area contributed by atoms with Gasteiger partial charge in [0.2, 0.25) is 5.91 Å². The van der Waals surface area contributed by atoms with Gasteiger partial charge in [-0.2, -0.15) is 16.4 Å². The molecule has 0 aliphatic carbocycles. The smallest absolute Gasteiger partial charge is 0.231 e. The van der Waals surface area contributed by atoms with Gasteiger partial charge >= 0.3 is 0 Å². The van der Waals surface area contributed by atoms with E-state index in [4.69, 9.17) is 5.73 Å². The highest BCUT2D eigenvalue weighted by Crippen LogP contribution is 2.13. The number of nitrogens with zero attached hydrogens (tertiary/aromatic N) is 3. The Morgan fingerprint density at radius 2 is 1.96 bits per heavy atom. The number of primary amides is 1. The molecule has 2 aromatic heterocycles. The van der Waals surface area contributed by atoms with E-state index >= 15 is 0 Å². The Bertz CT molecular complexity index is 752. The molecule has 0 fully saturated rings. The summed E-state index contributed by atoms with van der Waals surface area (Å²) in [6, 6.07) is 12.0. The Morgan fingerprint density at radius 1 is 1.17 bits per heavy atom. The Labute approximate surface area is 139 Å². The highest BCUT2D eigenvalue weighted by molar-refractivity contribution is 7.07. The first-order valence-corrected chi connectivity index (χ1v) is 8.26. The zero-order valence-electron chi connectivity index (χ0n) is 12.6. The average Bonchev–Trinajstić information content (AvgIpc) is 3.19. The van der Waals surface area contributed by atoms with Crippen LogP contribution in [0.4, 0.5) is 0 Å². The molecule has 0 atom stereocenters. The molecular formula is C17H18N4OS. The molecule has 0 spiro atoms. The summed E-state index contributed by atoms with van der Waals surface area (Å²) in [5.41, 5.74) is 8.62. The molecule has 0 aliphatic rings. The van der Waals surface area contributed by atoms with Crippen LogP contribution in [0.2, 0.25) is 0 Å². The van der Waals surface area contributed by atoms with E-state index in [1.807, 2.05) is 57.7 Å². The third-order valence-electron chi connectivity index (χ3n) is 3.43. The normalized spacial score (nSPS) is 11.0. The first-order chi connectivity index (χ1) is 11.2. The van der Waals surface area contributed by atoms with E-state index in [-0.39, 0.29) is 12.5 Å². The third kappa shape index (κ3) is 4.28. The molecule has 0 aliphatic heterocycles. The standard InChI is InChI=1S/C17H18N4OS/c18-17(22)12-20(9-14-6-7-23-13-14)10-15-8-19-21(11-15)16-4-2-1-3-5-16/h1-8,11,13H,9-10,12H2,(H2,18,22). The Kier molecular flexibility index (Phi) is 4.85. The predicted octanol–water partition coefficient (Wildman–Crippen LogP) is 2.42. The van der Waals surface area contributed by atoms with E-state index in [0.29, 0.717) is 13.1 Å². The maximum atomic E-state index is 11.3. The summed E-state index contributed by atoms with van der Waals surface area (Å²) < 4.78 is 1.84. The lowest BCUT2D eigenvalue weighted by Crippen LogP contribution is -2.32. The fourth-order valence-electron chi connectivity index (χ4n) is 2.45. The second kappa shape index (κ2) is 7.21. The van der Waals surface area contributed by atoms with Gasteiger partial charge in [0.15, 0.2) is 0 Å². The number of carbonyl (C=O) groups excluding carboxylic acids is 1. The lowest BCUT2D eigenvalue weighted by atomic mass is 10.2. The van der Waals surface area contributed by atoms with Crippen LogP contribution in [0.1, 0.15) is 11.1 Å². The van der Waals surface area contributed by atoms with Crippen molar-refractivity contribution >= 4 is 17.2 Å². The van der Waals surface area contributed by atoms with Gasteiger partial charge in [0.25, 0.3) is 0 Å². The van der Waals surface area contributed by atoms with E-state index < -0.39 is 0 Å². The van der Waals surface area contributed by atoms with Gasteiger partial charge in [-0.15, -0.1) is 0 Å². The molecule has 1 aromatic carbocycles. The number of hydrogen-bond donors (Lipinski definition) is 1. The van der Waals surface area contributed by atoms with Crippen LogP contribution in [-0.4, -0.2) is 27.1 Å². The molecule has 6 heteroatoms. The number of aromatic nitrogens is 2. The summed E-state index contributed by atoms with van der Waals surface area (Å²) >= 11 is 1.65. The maximum Gasteiger partial charge on any atom is 0.231 e. The summed E-state index contributed by atoms with van der Waals surface area (Å²) in [6.07, 6.45) is 3.81. The lowest BCUT2D eigenvalue weighted by Gasteiger charge is -2.19. The lowest BCUT2D eigenvalue weighted by molar-refractivity contribution is -0.119. The summed E-state index contributed by atoms with van der Waals surface area (Å²) in [5.74, 6) is -0.323. The number of hydrogen-bond acceptors (Lipinski definition) is 4. The Hall–Kier alpha value is -2.44. The fourth-order valence-corrected chi connectivity index (χ4v) is 3.11. The molecule has 2 heterocycles. The number of benzene rings is 1. The molecule has 0 radical (unpaired) electrons. The van der Waals surface area contributed by atoms with E-state index in [2.05, 4.69) is 16.5 Å². The van der Waals surface area contributed by atoms with Crippen LogP contribution in [0, 0.1) is 0 Å².